The Morgan fingerprint density at radius 2 is 1.81 bits per heavy atom. The summed E-state index contributed by atoms with van der Waals surface area (Å²) in [7, 11) is 0. The van der Waals surface area contributed by atoms with E-state index < -0.39 is 0 Å². The van der Waals surface area contributed by atoms with Crippen LogP contribution in [0, 0.1) is 0 Å². The summed E-state index contributed by atoms with van der Waals surface area (Å²) in [4.78, 5) is 11.9. The Kier molecular flexibility index (Phi) is 6.33. The minimum absolute atomic E-state index is 0.0481. The van der Waals surface area contributed by atoms with Crippen molar-refractivity contribution < 1.29 is 4.79 Å². The third kappa shape index (κ3) is 5.56. The second kappa shape index (κ2) is 8.25. The number of nitrogens with one attached hydrogen (secondary N) is 1. The molecule has 110 valence electrons. The number of amides is 1. The molecule has 0 unspecified atom stereocenters. The highest BCUT2D eigenvalue weighted by molar-refractivity contribution is 9.10. The number of carbonyl (C=O) groups is 1. The van der Waals surface area contributed by atoms with E-state index in [0.717, 1.165) is 15.8 Å². The van der Waals surface area contributed by atoms with Crippen molar-refractivity contribution in [1.82, 2.24) is 5.32 Å². The van der Waals surface area contributed by atoms with Crippen molar-refractivity contribution in [3.63, 3.8) is 0 Å². The number of hydrogen-bond donors (Lipinski definition) is 1. The Hall–Kier alpha value is -1.26. The maximum absolute atomic E-state index is 11.9. The van der Waals surface area contributed by atoms with Gasteiger partial charge in [-0.2, -0.15) is 0 Å². The first kappa shape index (κ1) is 16.1. The van der Waals surface area contributed by atoms with Crippen LogP contribution in [0.3, 0.4) is 0 Å². The molecule has 0 aliphatic rings. The second-order valence-corrected chi connectivity index (χ2v) is 6.72. The summed E-state index contributed by atoms with van der Waals surface area (Å²) >= 11 is 5.05. The summed E-state index contributed by atoms with van der Waals surface area (Å²) in [5.74, 6) is 1.40. The number of thioether (sulfide) groups is 1. The molecule has 2 rings (SSSR count). The highest BCUT2D eigenvalue weighted by Gasteiger charge is 2.09. The van der Waals surface area contributed by atoms with Gasteiger partial charge in [0, 0.05) is 10.2 Å². The minimum Gasteiger partial charge on any atom is -0.349 e. The lowest BCUT2D eigenvalue weighted by molar-refractivity contribution is -0.119. The second-order valence-electron chi connectivity index (χ2n) is 4.82. The van der Waals surface area contributed by atoms with Crippen LogP contribution >= 0.6 is 27.7 Å². The van der Waals surface area contributed by atoms with Crippen molar-refractivity contribution in [1.29, 1.82) is 0 Å². The highest BCUT2D eigenvalue weighted by Crippen LogP contribution is 2.16. The van der Waals surface area contributed by atoms with E-state index in [2.05, 4.69) is 33.4 Å². The Labute approximate surface area is 138 Å². The van der Waals surface area contributed by atoms with Gasteiger partial charge in [0.2, 0.25) is 5.91 Å². The van der Waals surface area contributed by atoms with Crippen LogP contribution in [-0.4, -0.2) is 11.7 Å². The molecule has 0 aliphatic heterocycles. The van der Waals surface area contributed by atoms with E-state index in [0.29, 0.717) is 5.75 Å². The molecule has 2 aromatic carbocycles. The molecule has 2 aromatic rings. The molecule has 0 saturated heterocycles. The Morgan fingerprint density at radius 1 is 1.14 bits per heavy atom. The van der Waals surface area contributed by atoms with Gasteiger partial charge in [-0.05, 0) is 30.2 Å². The lowest BCUT2D eigenvalue weighted by Gasteiger charge is -2.14. The maximum atomic E-state index is 11.9. The summed E-state index contributed by atoms with van der Waals surface area (Å²) in [5.41, 5.74) is 2.36. The first-order chi connectivity index (χ1) is 10.1. The Morgan fingerprint density at radius 3 is 2.48 bits per heavy atom. The number of rotatable bonds is 6. The van der Waals surface area contributed by atoms with Gasteiger partial charge in [-0.3, -0.25) is 4.79 Å². The van der Waals surface area contributed by atoms with Gasteiger partial charge in [-0.25, -0.2) is 0 Å². The van der Waals surface area contributed by atoms with Gasteiger partial charge in [0.25, 0.3) is 0 Å². The molecule has 0 fully saturated rings. The average Bonchev–Trinajstić information content (AvgIpc) is 2.50. The third-order valence-corrected chi connectivity index (χ3v) is 4.62. The van der Waals surface area contributed by atoms with Crippen LogP contribution in [-0.2, 0) is 10.5 Å². The quantitative estimate of drug-likeness (QED) is 0.814. The zero-order valence-corrected chi connectivity index (χ0v) is 14.3. The van der Waals surface area contributed by atoms with Crippen molar-refractivity contribution in [3.8, 4) is 0 Å². The molecule has 0 bridgehead atoms. The average molecular weight is 364 g/mol. The van der Waals surface area contributed by atoms with E-state index in [1.165, 1.54) is 5.56 Å². The first-order valence-corrected chi connectivity index (χ1v) is 8.76. The zero-order chi connectivity index (χ0) is 15.1. The molecular weight excluding hydrogens is 346 g/mol. The minimum atomic E-state index is 0.0481. The van der Waals surface area contributed by atoms with Crippen LogP contribution in [0.1, 0.15) is 24.1 Å². The number of carbonyl (C=O) groups excluding carboxylic acids is 1. The molecule has 0 saturated carbocycles. The van der Waals surface area contributed by atoms with Gasteiger partial charge in [-0.15, -0.1) is 11.8 Å². The lowest BCUT2D eigenvalue weighted by atomic mass is 10.1. The fraction of sp³-hybridized carbons (Fsp3) is 0.235. The van der Waals surface area contributed by atoms with E-state index in [1.54, 1.807) is 11.8 Å². The van der Waals surface area contributed by atoms with Crippen molar-refractivity contribution in [2.24, 2.45) is 0 Å². The van der Waals surface area contributed by atoms with Crippen molar-refractivity contribution in [3.05, 3.63) is 70.2 Å². The van der Waals surface area contributed by atoms with Gasteiger partial charge >= 0.3 is 0 Å². The van der Waals surface area contributed by atoms with Gasteiger partial charge in [-0.1, -0.05) is 58.4 Å². The predicted octanol–water partition coefficient (Wildman–Crippen LogP) is 4.56. The fourth-order valence-electron chi connectivity index (χ4n) is 1.95. The summed E-state index contributed by atoms with van der Waals surface area (Å²) in [6, 6.07) is 18.2. The summed E-state index contributed by atoms with van der Waals surface area (Å²) in [5, 5.41) is 3.02. The lowest BCUT2D eigenvalue weighted by Crippen LogP contribution is -2.28. The smallest absolute Gasteiger partial charge is 0.230 e. The topological polar surface area (TPSA) is 29.1 Å². The Balaban J connectivity index is 1.73. The van der Waals surface area contributed by atoms with Gasteiger partial charge in [0.05, 0.1) is 11.8 Å². The van der Waals surface area contributed by atoms with Crippen LogP contribution in [0.4, 0.5) is 0 Å². The standard InChI is InChI=1S/C17H18BrNOS/c1-13(15-5-3-2-4-6-15)19-17(20)12-21-11-14-7-9-16(18)10-8-14/h2-10,13H,11-12H2,1H3,(H,19,20)/t13-/m1/s1. The van der Waals surface area contributed by atoms with Gasteiger partial charge in [0.15, 0.2) is 0 Å². The van der Waals surface area contributed by atoms with Crippen LogP contribution in [0.15, 0.2) is 59.1 Å². The first-order valence-electron chi connectivity index (χ1n) is 6.81. The van der Waals surface area contributed by atoms with Crippen molar-refractivity contribution in [2.75, 3.05) is 5.75 Å². The summed E-state index contributed by atoms with van der Waals surface area (Å²) < 4.78 is 1.07. The SMILES string of the molecule is C[C@@H](NC(=O)CSCc1ccc(Br)cc1)c1ccccc1. The third-order valence-electron chi connectivity index (χ3n) is 3.09. The van der Waals surface area contributed by atoms with Crippen LogP contribution in [0.5, 0.6) is 0 Å². The number of benzene rings is 2. The van der Waals surface area contributed by atoms with Gasteiger partial charge < -0.3 is 5.32 Å². The molecule has 0 spiro atoms. The van der Waals surface area contributed by atoms with Crippen molar-refractivity contribution in [2.45, 2.75) is 18.7 Å². The Bertz CT molecular complexity index is 571. The highest BCUT2D eigenvalue weighted by atomic mass is 79.9. The molecule has 0 heterocycles. The van der Waals surface area contributed by atoms with Gasteiger partial charge in [0.1, 0.15) is 0 Å². The normalized spacial score (nSPS) is 11.9. The van der Waals surface area contributed by atoms with Crippen molar-refractivity contribution >= 4 is 33.6 Å². The molecule has 2 nitrogen and oxygen atoms in total. The molecule has 1 atom stereocenters. The summed E-state index contributed by atoms with van der Waals surface area (Å²) in [6.45, 7) is 2.01. The fourth-order valence-corrected chi connectivity index (χ4v) is 3.01. The predicted molar refractivity (Wildman–Crippen MR) is 93.3 cm³/mol. The van der Waals surface area contributed by atoms with E-state index in [-0.39, 0.29) is 11.9 Å². The number of halogens is 1. The maximum Gasteiger partial charge on any atom is 0.230 e. The molecule has 1 amide bonds. The molecule has 0 aliphatic carbocycles. The number of hydrogen-bond acceptors (Lipinski definition) is 2. The van der Waals surface area contributed by atoms with E-state index >= 15 is 0 Å². The molecular formula is C17H18BrNOS. The van der Waals surface area contributed by atoms with Crippen LogP contribution < -0.4 is 5.32 Å². The monoisotopic (exact) mass is 363 g/mol. The van der Waals surface area contributed by atoms with Crippen LogP contribution in [0.2, 0.25) is 0 Å². The molecule has 0 radical (unpaired) electrons. The summed E-state index contributed by atoms with van der Waals surface area (Å²) in [6.07, 6.45) is 0. The molecule has 1 N–H and O–H groups in total. The zero-order valence-electron chi connectivity index (χ0n) is 11.9. The largest absolute Gasteiger partial charge is 0.349 e. The van der Waals surface area contributed by atoms with E-state index in [4.69, 9.17) is 0 Å². The van der Waals surface area contributed by atoms with E-state index in [9.17, 15) is 4.79 Å². The molecule has 4 heteroatoms. The molecule has 21 heavy (non-hydrogen) atoms. The van der Waals surface area contributed by atoms with E-state index in [1.807, 2.05) is 49.4 Å². The van der Waals surface area contributed by atoms with Crippen LogP contribution in [0.25, 0.3) is 0 Å². The molecule has 0 aromatic heterocycles.